The third kappa shape index (κ3) is 4.52. The quantitative estimate of drug-likeness (QED) is 0.904. The van der Waals surface area contributed by atoms with Crippen LogP contribution in [0.15, 0.2) is 29.6 Å². The van der Waals surface area contributed by atoms with Crippen molar-refractivity contribution in [3.05, 3.63) is 35.3 Å². The summed E-state index contributed by atoms with van der Waals surface area (Å²) in [5, 5.41) is 5.88. The van der Waals surface area contributed by atoms with E-state index in [1.165, 1.54) is 0 Å². The van der Waals surface area contributed by atoms with Crippen LogP contribution in [0.3, 0.4) is 0 Å². The number of anilines is 1. The van der Waals surface area contributed by atoms with Gasteiger partial charge in [0.1, 0.15) is 5.01 Å². The highest BCUT2D eigenvalue weighted by Crippen LogP contribution is 2.25. The van der Waals surface area contributed by atoms with E-state index in [0.29, 0.717) is 0 Å². The van der Waals surface area contributed by atoms with E-state index < -0.39 is 0 Å². The Morgan fingerprint density at radius 2 is 1.90 bits per heavy atom. The molecular formula is C15H20ClN3OS. The van der Waals surface area contributed by atoms with Gasteiger partial charge >= 0.3 is 0 Å². The van der Waals surface area contributed by atoms with Crippen molar-refractivity contribution in [1.82, 2.24) is 4.98 Å². The molecule has 1 heterocycles. The Labute approximate surface area is 135 Å². The van der Waals surface area contributed by atoms with Crippen LogP contribution in [0.2, 0.25) is 0 Å². The predicted molar refractivity (Wildman–Crippen MR) is 91.0 cm³/mol. The third-order valence-corrected chi connectivity index (χ3v) is 4.23. The summed E-state index contributed by atoms with van der Waals surface area (Å²) >= 11 is 1.62. The number of halogens is 1. The first-order valence-corrected chi connectivity index (χ1v) is 7.44. The van der Waals surface area contributed by atoms with Crippen molar-refractivity contribution in [3.63, 3.8) is 0 Å². The van der Waals surface area contributed by atoms with E-state index in [4.69, 9.17) is 5.73 Å². The zero-order valence-corrected chi connectivity index (χ0v) is 13.9. The minimum Gasteiger partial charge on any atom is -0.327 e. The van der Waals surface area contributed by atoms with E-state index in [1.54, 1.807) is 11.3 Å². The molecule has 0 saturated heterocycles. The van der Waals surface area contributed by atoms with Gasteiger partial charge in [-0.05, 0) is 38.1 Å². The standard InChI is InChI=1S/C15H19N3OS.ClH/c1-9-8-20-15(17-9)12-4-6-13(7-5-12)18-14(19)10(2)11(3)16;/h4-8,10-11H,16H2,1-3H3,(H,18,19);1H. The molecule has 2 aromatic rings. The van der Waals surface area contributed by atoms with E-state index >= 15 is 0 Å². The minimum absolute atomic E-state index is 0. The van der Waals surface area contributed by atoms with Gasteiger partial charge in [-0.2, -0.15) is 0 Å². The zero-order valence-electron chi connectivity index (χ0n) is 12.3. The number of nitrogens with two attached hydrogens (primary N) is 1. The summed E-state index contributed by atoms with van der Waals surface area (Å²) in [4.78, 5) is 16.3. The van der Waals surface area contributed by atoms with Gasteiger partial charge in [-0.3, -0.25) is 4.79 Å². The van der Waals surface area contributed by atoms with E-state index in [0.717, 1.165) is 22.0 Å². The molecular weight excluding hydrogens is 306 g/mol. The maximum absolute atomic E-state index is 11.9. The SMILES string of the molecule is Cc1csc(-c2ccc(NC(=O)C(C)C(C)N)cc2)n1.Cl. The number of aromatic nitrogens is 1. The summed E-state index contributed by atoms with van der Waals surface area (Å²) in [6.45, 7) is 5.63. The Kier molecular flexibility index (Phi) is 6.33. The fourth-order valence-electron chi connectivity index (χ4n) is 1.68. The van der Waals surface area contributed by atoms with Crippen molar-refractivity contribution >= 4 is 35.3 Å². The van der Waals surface area contributed by atoms with Crippen LogP contribution >= 0.6 is 23.7 Å². The van der Waals surface area contributed by atoms with Gasteiger partial charge in [-0.25, -0.2) is 4.98 Å². The van der Waals surface area contributed by atoms with Crippen LogP contribution in [-0.4, -0.2) is 16.9 Å². The number of nitrogens with one attached hydrogen (secondary N) is 1. The molecule has 1 amide bonds. The molecule has 1 aromatic carbocycles. The van der Waals surface area contributed by atoms with Crippen LogP contribution in [0.5, 0.6) is 0 Å². The van der Waals surface area contributed by atoms with E-state index in [9.17, 15) is 4.79 Å². The van der Waals surface area contributed by atoms with Crippen molar-refractivity contribution in [2.75, 3.05) is 5.32 Å². The lowest BCUT2D eigenvalue weighted by Crippen LogP contribution is -2.34. The summed E-state index contributed by atoms with van der Waals surface area (Å²) in [5.74, 6) is -0.269. The van der Waals surface area contributed by atoms with Crippen LogP contribution in [0.4, 0.5) is 5.69 Å². The molecule has 2 unspecified atom stereocenters. The maximum atomic E-state index is 11.9. The number of carbonyl (C=O) groups is 1. The Morgan fingerprint density at radius 1 is 1.29 bits per heavy atom. The van der Waals surface area contributed by atoms with E-state index in [2.05, 4.69) is 10.3 Å². The number of amides is 1. The van der Waals surface area contributed by atoms with Crippen molar-refractivity contribution in [2.24, 2.45) is 11.7 Å². The number of hydrogen-bond acceptors (Lipinski definition) is 4. The second kappa shape index (κ2) is 7.54. The van der Waals surface area contributed by atoms with Crippen molar-refractivity contribution in [3.8, 4) is 10.6 Å². The molecule has 4 nitrogen and oxygen atoms in total. The monoisotopic (exact) mass is 325 g/mol. The molecule has 0 radical (unpaired) electrons. The Morgan fingerprint density at radius 3 is 2.38 bits per heavy atom. The molecule has 0 aliphatic carbocycles. The first kappa shape index (κ1) is 17.6. The Bertz CT molecular complexity index is 595. The normalized spacial score (nSPS) is 13.1. The molecule has 2 atom stereocenters. The molecule has 0 saturated carbocycles. The van der Waals surface area contributed by atoms with E-state index in [1.807, 2.05) is 50.4 Å². The molecule has 0 bridgehead atoms. The smallest absolute Gasteiger partial charge is 0.228 e. The minimum atomic E-state index is -0.212. The van der Waals surface area contributed by atoms with Crippen molar-refractivity contribution in [2.45, 2.75) is 26.8 Å². The predicted octanol–water partition coefficient (Wildman–Crippen LogP) is 3.46. The van der Waals surface area contributed by atoms with Gasteiger partial charge in [0.05, 0.1) is 5.92 Å². The molecule has 21 heavy (non-hydrogen) atoms. The highest BCUT2D eigenvalue weighted by Gasteiger charge is 2.16. The highest BCUT2D eigenvalue weighted by atomic mass is 35.5. The first-order valence-electron chi connectivity index (χ1n) is 6.56. The molecule has 0 aliphatic rings. The number of thiazole rings is 1. The van der Waals surface area contributed by atoms with E-state index in [-0.39, 0.29) is 30.3 Å². The van der Waals surface area contributed by atoms with Gasteiger partial charge in [0.15, 0.2) is 0 Å². The third-order valence-electron chi connectivity index (χ3n) is 3.22. The number of hydrogen-bond donors (Lipinski definition) is 2. The second-order valence-corrected chi connectivity index (χ2v) is 5.87. The lowest BCUT2D eigenvalue weighted by Gasteiger charge is -2.15. The molecule has 0 spiro atoms. The molecule has 114 valence electrons. The average Bonchev–Trinajstić information content (AvgIpc) is 2.85. The number of rotatable bonds is 4. The maximum Gasteiger partial charge on any atom is 0.228 e. The van der Waals surface area contributed by atoms with Gasteiger partial charge in [0.2, 0.25) is 5.91 Å². The Balaban J connectivity index is 0.00000220. The van der Waals surface area contributed by atoms with Crippen LogP contribution < -0.4 is 11.1 Å². The number of aryl methyl sites for hydroxylation is 1. The van der Waals surface area contributed by atoms with Gasteiger partial charge < -0.3 is 11.1 Å². The summed E-state index contributed by atoms with van der Waals surface area (Å²) in [7, 11) is 0. The van der Waals surface area contributed by atoms with Gasteiger partial charge in [0, 0.05) is 28.4 Å². The lowest BCUT2D eigenvalue weighted by atomic mass is 10.0. The highest BCUT2D eigenvalue weighted by molar-refractivity contribution is 7.13. The topological polar surface area (TPSA) is 68.0 Å². The van der Waals surface area contributed by atoms with Crippen LogP contribution in [0, 0.1) is 12.8 Å². The summed E-state index contributed by atoms with van der Waals surface area (Å²) in [6, 6.07) is 7.54. The van der Waals surface area contributed by atoms with Gasteiger partial charge in [0.25, 0.3) is 0 Å². The number of benzene rings is 1. The zero-order chi connectivity index (χ0) is 14.7. The number of nitrogens with zero attached hydrogens (tertiary/aromatic N) is 1. The summed E-state index contributed by atoms with van der Waals surface area (Å²) in [5.41, 5.74) is 8.58. The molecule has 0 aliphatic heterocycles. The van der Waals surface area contributed by atoms with Gasteiger partial charge in [-0.1, -0.05) is 6.92 Å². The molecule has 2 rings (SSSR count). The Hall–Kier alpha value is -1.43. The number of carbonyl (C=O) groups excluding carboxylic acids is 1. The molecule has 1 aromatic heterocycles. The van der Waals surface area contributed by atoms with Crippen molar-refractivity contribution < 1.29 is 4.79 Å². The fraction of sp³-hybridized carbons (Fsp3) is 0.333. The van der Waals surface area contributed by atoms with Gasteiger partial charge in [-0.15, -0.1) is 23.7 Å². The second-order valence-electron chi connectivity index (χ2n) is 5.01. The van der Waals surface area contributed by atoms with Crippen molar-refractivity contribution in [1.29, 1.82) is 0 Å². The molecule has 6 heteroatoms. The summed E-state index contributed by atoms with van der Waals surface area (Å²) in [6.07, 6.45) is 0. The largest absolute Gasteiger partial charge is 0.327 e. The lowest BCUT2D eigenvalue weighted by molar-refractivity contribution is -0.119. The van der Waals surface area contributed by atoms with Crippen LogP contribution in [0.1, 0.15) is 19.5 Å². The summed E-state index contributed by atoms with van der Waals surface area (Å²) < 4.78 is 0. The molecule has 3 N–H and O–H groups in total. The molecule has 0 fully saturated rings. The van der Waals surface area contributed by atoms with Crippen LogP contribution in [0.25, 0.3) is 10.6 Å². The first-order chi connectivity index (χ1) is 9.47. The van der Waals surface area contributed by atoms with Crippen LogP contribution in [-0.2, 0) is 4.79 Å². The average molecular weight is 326 g/mol. The fourth-order valence-corrected chi connectivity index (χ4v) is 2.48.